The number of aromatic carboxylic acids is 1. The SMILES string of the molecule is CC(C=Nc1ccccc1)CC(C)c1ccc(C(=O)O)cc1. The van der Waals surface area contributed by atoms with E-state index in [0.717, 1.165) is 17.7 Å². The van der Waals surface area contributed by atoms with E-state index in [1.807, 2.05) is 48.7 Å². The van der Waals surface area contributed by atoms with Crippen LogP contribution < -0.4 is 0 Å². The molecule has 2 rings (SSSR count). The van der Waals surface area contributed by atoms with E-state index in [9.17, 15) is 4.79 Å². The topological polar surface area (TPSA) is 49.7 Å². The summed E-state index contributed by atoms with van der Waals surface area (Å²) in [4.78, 5) is 15.3. The van der Waals surface area contributed by atoms with Crippen molar-refractivity contribution in [2.45, 2.75) is 26.2 Å². The van der Waals surface area contributed by atoms with Gasteiger partial charge in [-0.05, 0) is 48.1 Å². The zero-order valence-electron chi connectivity index (χ0n) is 12.9. The molecular weight excluding hydrogens is 274 g/mol. The lowest BCUT2D eigenvalue weighted by Gasteiger charge is -2.15. The molecule has 0 fully saturated rings. The lowest BCUT2D eigenvalue weighted by atomic mass is 9.91. The molecule has 2 atom stereocenters. The number of aliphatic imine (C=N–C) groups is 1. The first-order valence-corrected chi connectivity index (χ1v) is 7.48. The summed E-state index contributed by atoms with van der Waals surface area (Å²) in [5.74, 6) is -0.169. The second-order valence-corrected chi connectivity index (χ2v) is 5.65. The van der Waals surface area contributed by atoms with E-state index in [4.69, 9.17) is 5.11 Å². The van der Waals surface area contributed by atoms with Crippen molar-refractivity contribution < 1.29 is 9.90 Å². The van der Waals surface area contributed by atoms with Crippen LogP contribution in [0.5, 0.6) is 0 Å². The molecule has 114 valence electrons. The molecule has 0 heterocycles. The minimum absolute atomic E-state index is 0.328. The Morgan fingerprint density at radius 2 is 1.73 bits per heavy atom. The van der Waals surface area contributed by atoms with Gasteiger partial charge in [-0.25, -0.2) is 4.79 Å². The number of para-hydroxylation sites is 1. The summed E-state index contributed by atoms with van der Waals surface area (Å²) in [7, 11) is 0. The van der Waals surface area contributed by atoms with Gasteiger partial charge in [-0.15, -0.1) is 0 Å². The molecule has 0 spiro atoms. The number of carboxylic acid groups (broad SMARTS) is 1. The van der Waals surface area contributed by atoms with Crippen LogP contribution in [0.15, 0.2) is 59.6 Å². The number of hydrogen-bond acceptors (Lipinski definition) is 2. The van der Waals surface area contributed by atoms with Crippen LogP contribution in [-0.2, 0) is 0 Å². The van der Waals surface area contributed by atoms with E-state index in [-0.39, 0.29) is 0 Å². The maximum Gasteiger partial charge on any atom is 0.335 e. The number of carbonyl (C=O) groups is 1. The lowest BCUT2D eigenvalue weighted by Crippen LogP contribution is -2.04. The Labute approximate surface area is 131 Å². The normalized spacial score (nSPS) is 13.9. The highest BCUT2D eigenvalue weighted by Gasteiger charge is 2.10. The molecule has 0 amide bonds. The molecule has 0 saturated carbocycles. The fraction of sp³-hybridized carbons (Fsp3) is 0.263. The number of benzene rings is 2. The van der Waals surface area contributed by atoms with Crippen molar-refractivity contribution in [3.63, 3.8) is 0 Å². The summed E-state index contributed by atoms with van der Waals surface area (Å²) in [6, 6.07) is 17.0. The third-order valence-electron chi connectivity index (χ3n) is 3.69. The van der Waals surface area contributed by atoms with E-state index in [1.165, 1.54) is 0 Å². The molecule has 1 N–H and O–H groups in total. The smallest absolute Gasteiger partial charge is 0.335 e. The maximum absolute atomic E-state index is 10.9. The number of rotatable bonds is 6. The first-order chi connectivity index (χ1) is 10.6. The van der Waals surface area contributed by atoms with Crippen LogP contribution >= 0.6 is 0 Å². The first kappa shape index (κ1) is 16.0. The van der Waals surface area contributed by atoms with Gasteiger partial charge in [0, 0.05) is 6.21 Å². The maximum atomic E-state index is 10.9. The fourth-order valence-corrected chi connectivity index (χ4v) is 2.44. The third-order valence-corrected chi connectivity index (χ3v) is 3.69. The molecule has 2 aromatic rings. The summed E-state index contributed by atoms with van der Waals surface area (Å²) in [5.41, 5.74) is 2.45. The minimum atomic E-state index is -0.887. The molecule has 0 aliphatic carbocycles. The Kier molecular flexibility index (Phi) is 5.48. The predicted octanol–water partition coefficient (Wildman–Crippen LogP) is 4.92. The van der Waals surface area contributed by atoms with Crippen LogP contribution in [0.3, 0.4) is 0 Å². The Morgan fingerprint density at radius 3 is 2.32 bits per heavy atom. The Balaban J connectivity index is 1.94. The van der Waals surface area contributed by atoms with Gasteiger partial charge in [0.05, 0.1) is 11.3 Å². The zero-order chi connectivity index (χ0) is 15.9. The standard InChI is InChI=1S/C19H21NO2/c1-14(13-20-18-6-4-3-5-7-18)12-15(2)16-8-10-17(11-9-16)19(21)22/h3-11,13-15H,12H2,1-2H3,(H,21,22). The zero-order valence-corrected chi connectivity index (χ0v) is 12.9. The molecule has 3 heteroatoms. The Morgan fingerprint density at radius 1 is 1.09 bits per heavy atom. The highest BCUT2D eigenvalue weighted by atomic mass is 16.4. The van der Waals surface area contributed by atoms with Crippen molar-refractivity contribution in [3.05, 3.63) is 65.7 Å². The monoisotopic (exact) mass is 295 g/mol. The molecule has 0 saturated heterocycles. The lowest BCUT2D eigenvalue weighted by molar-refractivity contribution is 0.0697. The molecule has 22 heavy (non-hydrogen) atoms. The van der Waals surface area contributed by atoms with Gasteiger partial charge in [-0.1, -0.05) is 44.2 Å². The van der Waals surface area contributed by atoms with E-state index in [0.29, 0.717) is 17.4 Å². The molecule has 2 unspecified atom stereocenters. The molecule has 0 aliphatic rings. The van der Waals surface area contributed by atoms with Gasteiger partial charge >= 0.3 is 5.97 Å². The van der Waals surface area contributed by atoms with Gasteiger partial charge in [0.15, 0.2) is 0 Å². The quantitative estimate of drug-likeness (QED) is 0.769. The minimum Gasteiger partial charge on any atom is -0.478 e. The number of nitrogens with zero attached hydrogens (tertiary/aromatic N) is 1. The number of hydrogen-bond donors (Lipinski definition) is 1. The predicted molar refractivity (Wildman–Crippen MR) is 90.2 cm³/mol. The van der Waals surface area contributed by atoms with E-state index >= 15 is 0 Å². The summed E-state index contributed by atoms with van der Waals surface area (Å²) >= 11 is 0. The van der Waals surface area contributed by atoms with Crippen molar-refractivity contribution in [1.82, 2.24) is 0 Å². The average molecular weight is 295 g/mol. The molecule has 0 aromatic heterocycles. The Hall–Kier alpha value is -2.42. The second-order valence-electron chi connectivity index (χ2n) is 5.65. The summed E-state index contributed by atoms with van der Waals surface area (Å²) in [6.45, 7) is 4.30. The molecule has 0 bridgehead atoms. The van der Waals surface area contributed by atoms with Crippen LogP contribution in [0.4, 0.5) is 5.69 Å². The van der Waals surface area contributed by atoms with Crippen molar-refractivity contribution in [2.75, 3.05) is 0 Å². The highest BCUT2D eigenvalue weighted by Crippen LogP contribution is 2.23. The molecule has 0 radical (unpaired) electrons. The fourth-order valence-electron chi connectivity index (χ4n) is 2.44. The van der Waals surface area contributed by atoms with Crippen molar-refractivity contribution in [2.24, 2.45) is 10.9 Å². The van der Waals surface area contributed by atoms with Gasteiger partial charge in [-0.2, -0.15) is 0 Å². The van der Waals surface area contributed by atoms with Crippen LogP contribution in [0.2, 0.25) is 0 Å². The van der Waals surface area contributed by atoms with Gasteiger partial charge < -0.3 is 5.11 Å². The van der Waals surface area contributed by atoms with E-state index in [1.54, 1.807) is 12.1 Å². The summed E-state index contributed by atoms with van der Waals surface area (Å²) in [5, 5.41) is 8.92. The largest absolute Gasteiger partial charge is 0.478 e. The van der Waals surface area contributed by atoms with Crippen LogP contribution in [0.25, 0.3) is 0 Å². The van der Waals surface area contributed by atoms with Gasteiger partial charge in [-0.3, -0.25) is 4.99 Å². The Bertz CT molecular complexity index is 632. The summed E-state index contributed by atoms with van der Waals surface area (Å²) < 4.78 is 0. The molecule has 2 aromatic carbocycles. The molecule has 3 nitrogen and oxygen atoms in total. The van der Waals surface area contributed by atoms with Gasteiger partial charge in [0.1, 0.15) is 0 Å². The van der Waals surface area contributed by atoms with Crippen molar-refractivity contribution in [3.8, 4) is 0 Å². The van der Waals surface area contributed by atoms with Gasteiger partial charge in [0.2, 0.25) is 0 Å². The molecule has 0 aliphatic heterocycles. The van der Waals surface area contributed by atoms with Gasteiger partial charge in [0.25, 0.3) is 0 Å². The van der Waals surface area contributed by atoms with E-state index in [2.05, 4.69) is 18.8 Å². The summed E-state index contributed by atoms with van der Waals surface area (Å²) in [6.07, 6.45) is 2.96. The molecular formula is C19H21NO2. The number of carboxylic acids is 1. The average Bonchev–Trinajstić information content (AvgIpc) is 2.54. The van der Waals surface area contributed by atoms with Crippen LogP contribution in [-0.4, -0.2) is 17.3 Å². The van der Waals surface area contributed by atoms with E-state index < -0.39 is 5.97 Å². The van der Waals surface area contributed by atoms with Crippen molar-refractivity contribution >= 4 is 17.9 Å². The highest BCUT2D eigenvalue weighted by molar-refractivity contribution is 5.87. The first-order valence-electron chi connectivity index (χ1n) is 7.48. The van der Waals surface area contributed by atoms with Crippen molar-refractivity contribution in [1.29, 1.82) is 0 Å². The van der Waals surface area contributed by atoms with Crippen LogP contribution in [0.1, 0.15) is 42.1 Å². The van der Waals surface area contributed by atoms with Crippen LogP contribution in [0, 0.1) is 5.92 Å². The second kappa shape index (κ2) is 7.55. The third kappa shape index (κ3) is 4.55.